The second kappa shape index (κ2) is 9.09. The zero-order valence-electron chi connectivity index (χ0n) is 16.4. The van der Waals surface area contributed by atoms with E-state index < -0.39 is 6.10 Å². The lowest BCUT2D eigenvalue weighted by Crippen LogP contribution is -2.32. The zero-order valence-corrected chi connectivity index (χ0v) is 16.4. The highest BCUT2D eigenvalue weighted by molar-refractivity contribution is 5.94. The van der Waals surface area contributed by atoms with Crippen LogP contribution in [0, 0.1) is 13.8 Å². The van der Waals surface area contributed by atoms with Crippen LogP contribution in [0.5, 0.6) is 17.2 Å². The van der Waals surface area contributed by atoms with Crippen LogP contribution in [-0.2, 0) is 4.79 Å². The molecule has 1 atom stereocenters. The Bertz CT molecular complexity index is 920. The number of aryl methyl sites for hydroxylation is 2. The molecule has 0 aliphatic rings. The van der Waals surface area contributed by atoms with Crippen LogP contribution in [0.4, 0.5) is 5.69 Å². The maximum absolute atomic E-state index is 12.6. The van der Waals surface area contributed by atoms with E-state index in [1.807, 2.05) is 93.6 Å². The summed E-state index contributed by atoms with van der Waals surface area (Å²) >= 11 is 0. The van der Waals surface area contributed by atoms with E-state index in [4.69, 9.17) is 9.47 Å². The van der Waals surface area contributed by atoms with Gasteiger partial charge in [-0.3, -0.25) is 4.79 Å². The minimum atomic E-state index is -0.554. The number of anilines is 1. The molecule has 1 amide bonds. The first-order valence-corrected chi connectivity index (χ1v) is 9.43. The van der Waals surface area contributed by atoms with Gasteiger partial charge in [-0.2, -0.15) is 0 Å². The number of benzene rings is 3. The van der Waals surface area contributed by atoms with Gasteiger partial charge in [0.1, 0.15) is 17.2 Å². The van der Waals surface area contributed by atoms with E-state index in [1.54, 1.807) is 0 Å². The molecule has 0 bridgehead atoms. The molecule has 144 valence electrons. The van der Waals surface area contributed by atoms with E-state index in [0.29, 0.717) is 17.9 Å². The number of hydrogen-bond acceptors (Lipinski definition) is 3. The summed E-state index contributed by atoms with van der Waals surface area (Å²) in [6.07, 6.45) is 0.0237. The molecular weight excluding hydrogens is 350 g/mol. The highest BCUT2D eigenvalue weighted by Gasteiger charge is 2.19. The van der Waals surface area contributed by atoms with Gasteiger partial charge in [0, 0.05) is 5.69 Å². The van der Waals surface area contributed by atoms with Gasteiger partial charge in [0.15, 0.2) is 6.10 Å². The van der Waals surface area contributed by atoms with E-state index in [9.17, 15) is 4.79 Å². The molecule has 3 aromatic rings. The maximum atomic E-state index is 12.6. The minimum Gasteiger partial charge on any atom is -0.480 e. The van der Waals surface area contributed by atoms with Crippen LogP contribution in [0.15, 0.2) is 72.8 Å². The van der Waals surface area contributed by atoms with E-state index in [-0.39, 0.29) is 5.91 Å². The third-order valence-corrected chi connectivity index (χ3v) is 4.36. The van der Waals surface area contributed by atoms with E-state index in [1.165, 1.54) is 5.56 Å². The summed E-state index contributed by atoms with van der Waals surface area (Å²) in [5.74, 6) is 2.05. The second-order valence-corrected chi connectivity index (χ2v) is 6.71. The van der Waals surface area contributed by atoms with Crippen molar-refractivity contribution in [2.45, 2.75) is 33.3 Å². The lowest BCUT2D eigenvalue weighted by atomic mass is 10.1. The third kappa shape index (κ3) is 5.13. The Kier molecular flexibility index (Phi) is 6.33. The van der Waals surface area contributed by atoms with Gasteiger partial charge in [0.2, 0.25) is 0 Å². The average Bonchev–Trinajstić information content (AvgIpc) is 2.69. The molecule has 1 N–H and O–H groups in total. The quantitative estimate of drug-likeness (QED) is 0.560. The SMILES string of the molecule is CC[C@H](Oc1ccc(C)cc1C)C(=O)Nc1ccc(Oc2ccccc2)cc1. The Balaban J connectivity index is 1.62. The Labute approximate surface area is 166 Å². The van der Waals surface area contributed by atoms with Gasteiger partial charge in [-0.25, -0.2) is 0 Å². The Morgan fingerprint density at radius 1 is 0.929 bits per heavy atom. The molecule has 0 fully saturated rings. The predicted molar refractivity (Wildman–Crippen MR) is 112 cm³/mol. The van der Waals surface area contributed by atoms with E-state index >= 15 is 0 Å². The van der Waals surface area contributed by atoms with Crippen molar-refractivity contribution >= 4 is 11.6 Å². The van der Waals surface area contributed by atoms with Crippen LogP contribution in [-0.4, -0.2) is 12.0 Å². The molecule has 4 nitrogen and oxygen atoms in total. The zero-order chi connectivity index (χ0) is 19.9. The van der Waals surface area contributed by atoms with Crippen molar-refractivity contribution in [1.82, 2.24) is 0 Å². The van der Waals surface area contributed by atoms with Crippen molar-refractivity contribution in [3.63, 3.8) is 0 Å². The summed E-state index contributed by atoms with van der Waals surface area (Å²) in [6.45, 7) is 5.95. The molecule has 0 saturated heterocycles. The molecule has 3 rings (SSSR count). The molecule has 0 aliphatic carbocycles. The number of nitrogens with one attached hydrogen (secondary N) is 1. The normalized spacial score (nSPS) is 11.5. The van der Waals surface area contributed by atoms with Gasteiger partial charge < -0.3 is 14.8 Å². The summed E-state index contributed by atoms with van der Waals surface area (Å²) in [4.78, 5) is 12.6. The van der Waals surface area contributed by atoms with Gasteiger partial charge in [-0.15, -0.1) is 0 Å². The molecule has 0 aromatic heterocycles. The van der Waals surface area contributed by atoms with E-state index in [0.717, 1.165) is 17.1 Å². The summed E-state index contributed by atoms with van der Waals surface area (Å²) in [6, 6.07) is 22.8. The van der Waals surface area contributed by atoms with Crippen LogP contribution < -0.4 is 14.8 Å². The largest absolute Gasteiger partial charge is 0.480 e. The summed E-state index contributed by atoms with van der Waals surface area (Å²) in [5, 5.41) is 2.92. The fraction of sp³-hybridized carbons (Fsp3) is 0.208. The highest BCUT2D eigenvalue weighted by Crippen LogP contribution is 2.24. The Morgan fingerprint density at radius 2 is 1.61 bits per heavy atom. The Morgan fingerprint density at radius 3 is 2.25 bits per heavy atom. The van der Waals surface area contributed by atoms with Crippen molar-refractivity contribution in [2.75, 3.05) is 5.32 Å². The van der Waals surface area contributed by atoms with Gasteiger partial charge in [0.05, 0.1) is 0 Å². The van der Waals surface area contributed by atoms with Crippen molar-refractivity contribution in [3.8, 4) is 17.2 Å². The van der Waals surface area contributed by atoms with Crippen LogP contribution >= 0.6 is 0 Å². The maximum Gasteiger partial charge on any atom is 0.265 e. The van der Waals surface area contributed by atoms with Crippen LogP contribution in [0.2, 0.25) is 0 Å². The lowest BCUT2D eigenvalue weighted by molar-refractivity contribution is -0.122. The van der Waals surface area contributed by atoms with Crippen LogP contribution in [0.3, 0.4) is 0 Å². The number of rotatable bonds is 7. The summed E-state index contributed by atoms with van der Waals surface area (Å²) in [5.41, 5.74) is 2.89. The number of carbonyl (C=O) groups is 1. The van der Waals surface area contributed by atoms with Crippen molar-refractivity contribution < 1.29 is 14.3 Å². The molecule has 0 spiro atoms. The van der Waals surface area contributed by atoms with Crippen molar-refractivity contribution in [1.29, 1.82) is 0 Å². The van der Waals surface area contributed by atoms with Crippen LogP contribution in [0.25, 0.3) is 0 Å². The van der Waals surface area contributed by atoms with E-state index in [2.05, 4.69) is 5.32 Å². The number of carbonyl (C=O) groups excluding carboxylic acids is 1. The lowest BCUT2D eigenvalue weighted by Gasteiger charge is -2.19. The topological polar surface area (TPSA) is 47.6 Å². The first-order valence-electron chi connectivity index (χ1n) is 9.43. The molecule has 0 unspecified atom stereocenters. The summed E-state index contributed by atoms with van der Waals surface area (Å²) < 4.78 is 11.7. The first kappa shape index (κ1) is 19.5. The molecule has 0 aliphatic heterocycles. The second-order valence-electron chi connectivity index (χ2n) is 6.71. The Hall–Kier alpha value is -3.27. The molecule has 28 heavy (non-hydrogen) atoms. The average molecular weight is 375 g/mol. The smallest absolute Gasteiger partial charge is 0.265 e. The summed E-state index contributed by atoms with van der Waals surface area (Å²) in [7, 11) is 0. The monoisotopic (exact) mass is 375 g/mol. The van der Waals surface area contributed by atoms with Gasteiger partial charge in [0.25, 0.3) is 5.91 Å². The first-order chi connectivity index (χ1) is 13.5. The number of amides is 1. The highest BCUT2D eigenvalue weighted by atomic mass is 16.5. The molecule has 0 radical (unpaired) electrons. The van der Waals surface area contributed by atoms with Gasteiger partial charge in [-0.1, -0.05) is 42.8 Å². The standard InChI is InChI=1S/C24H25NO3/c1-4-22(28-23-15-10-17(2)16-18(23)3)24(26)25-19-11-13-21(14-12-19)27-20-8-6-5-7-9-20/h5-16,22H,4H2,1-3H3,(H,25,26)/t22-/m0/s1. The van der Waals surface area contributed by atoms with Crippen molar-refractivity contribution in [3.05, 3.63) is 83.9 Å². The van der Waals surface area contributed by atoms with Gasteiger partial charge in [-0.05, 0) is 68.3 Å². The molecule has 4 heteroatoms. The minimum absolute atomic E-state index is 0.167. The molecule has 3 aromatic carbocycles. The van der Waals surface area contributed by atoms with Crippen LogP contribution in [0.1, 0.15) is 24.5 Å². The fourth-order valence-corrected chi connectivity index (χ4v) is 2.86. The predicted octanol–water partition coefficient (Wildman–Crippen LogP) is 5.89. The molecular formula is C24H25NO3. The van der Waals surface area contributed by atoms with Crippen molar-refractivity contribution in [2.24, 2.45) is 0 Å². The number of para-hydroxylation sites is 1. The fourth-order valence-electron chi connectivity index (χ4n) is 2.86. The molecule has 0 saturated carbocycles. The third-order valence-electron chi connectivity index (χ3n) is 4.36. The van der Waals surface area contributed by atoms with Gasteiger partial charge >= 0.3 is 0 Å². The number of hydrogen-bond donors (Lipinski definition) is 1. The molecule has 0 heterocycles. The number of ether oxygens (including phenoxy) is 2.